The van der Waals surface area contributed by atoms with Gasteiger partial charge in [-0.3, -0.25) is 4.98 Å². The van der Waals surface area contributed by atoms with E-state index in [2.05, 4.69) is 11.1 Å². The molecule has 15 heavy (non-hydrogen) atoms. The first-order valence-corrected chi connectivity index (χ1v) is 4.47. The van der Waals surface area contributed by atoms with Gasteiger partial charge < -0.3 is 0 Å². The second-order valence-corrected chi connectivity index (χ2v) is 3.19. The molecule has 0 saturated carbocycles. The lowest BCUT2D eigenvalue weighted by molar-refractivity contribution is 0.603. The third-order valence-electron chi connectivity index (χ3n) is 2.04. The fraction of sp³-hybridized carbons (Fsp3) is 0.0833. The number of hydrogen-bond donors (Lipinski definition) is 0. The number of halogens is 2. The summed E-state index contributed by atoms with van der Waals surface area (Å²) in [6, 6.07) is 7.82. The Morgan fingerprint density at radius 1 is 1.20 bits per heavy atom. The SMILES string of the molecule is Cc1[c]c(-c2cc(F)ccc2F)ccn1. The Balaban J connectivity index is 2.58. The van der Waals surface area contributed by atoms with E-state index < -0.39 is 11.6 Å². The van der Waals surface area contributed by atoms with Crippen LogP contribution in [0.15, 0.2) is 30.5 Å². The summed E-state index contributed by atoms with van der Waals surface area (Å²) in [5, 5.41) is 0. The summed E-state index contributed by atoms with van der Waals surface area (Å²) in [6.45, 7) is 1.75. The van der Waals surface area contributed by atoms with E-state index >= 15 is 0 Å². The average molecular weight is 204 g/mol. The summed E-state index contributed by atoms with van der Waals surface area (Å²) in [5.74, 6) is -0.924. The fourth-order valence-corrected chi connectivity index (χ4v) is 1.35. The highest BCUT2D eigenvalue weighted by atomic mass is 19.1. The van der Waals surface area contributed by atoms with Crippen LogP contribution in [0.2, 0.25) is 0 Å². The normalized spacial score (nSPS) is 10.3. The molecule has 0 aliphatic carbocycles. The molecule has 1 heterocycles. The van der Waals surface area contributed by atoms with Crippen molar-refractivity contribution in [3.63, 3.8) is 0 Å². The highest BCUT2D eigenvalue weighted by Crippen LogP contribution is 2.23. The zero-order valence-corrected chi connectivity index (χ0v) is 8.09. The first-order valence-electron chi connectivity index (χ1n) is 4.47. The number of nitrogens with zero attached hydrogens (tertiary/aromatic N) is 1. The second kappa shape index (κ2) is 3.77. The van der Waals surface area contributed by atoms with E-state index in [-0.39, 0.29) is 5.56 Å². The summed E-state index contributed by atoms with van der Waals surface area (Å²) in [6.07, 6.45) is 1.55. The molecule has 0 bridgehead atoms. The van der Waals surface area contributed by atoms with E-state index in [1.54, 1.807) is 19.2 Å². The Morgan fingerprint density at radius 2 is 2.00 bits per heavy atom. The minimum absolute atomic E-state index is 0.209. The van der Waals surface area contributed by atoms with Crippen molar-refractivity contribution in [2.24, 2.45) is 0 Å². The molecule has 2 aromatic rings. The van der Waals surface area contributed by atoms with E-state index in [1.165, 1.54) is 0 Å². The first-order chi connectivity index (χ1) is 7.16. The smallest absolute Gasteiger partial charge is 0.131 e. The van der Waals surface area contributed by atoms with Gasteiger partial charge >= 0.3 is 0 Å². The lowest BCUT2D eigenvalue weighted by Gasteiger charge is -2.03. The van der Waals surface area contributed by atoms with Crippen LogP contribution in [0.5, 0.6) is 0 Å². The van der Waals surface area contributed by atoms with Crippen LogP contribution in [0.25, 0.3) is 11.1 Å². The summed E-state index contributed by atoms with van der Waals surface area (Å²) in [7, 11) is 0. The zero-order valence-electron chi connectivity index (χ0n) is 8.09. The maximum absolute atomic E-state index is 13.4. The molecule has 0 N–H and O–H groups in total. The topological polar surface area (TPSA) is 12.9 Å². The average Bonchev–Trinajstić information content (AvgIpc) is 2.22. The monoisotopic (exact) mass is 204 g/mol. The molecule has 0 atom stereocenters. The van der Waals surface area contributed by atoms with Crippen molar-refractivity contribution in [3.8, 4) is 11.1 Å². The third kappa shape index (κ3) is 2.01. The molecule has 0 aliphatic rings. The van der Waals surface area contributed by atoms with Crippen LogP contribution < -0.4 is 0 Å². The Labute approximate surface area is 86.4 Å². The molecule has 2 rings (SSSR count). The van der Waals surface area contributed by atoms with E-state index in [0.717, 1.165) is 18.2 Å². The number of hydrogen-bond acceptors (Lipinski definition) is 1. The van der Waals surface area contributed by atoms with Gasteiger partial charge in [0.15, 0.2) is 0 Å². The molecule has 0 unspecified atom stereocenters. The summed E-state index contributed by atoms with van der Waals surface area (Å²) >= 11 is 0. The van der Waals surface area contributed by atoms with Crippen LogP contribution in [0.1, 0.15) is 5.69 Å². The lowest BCUT2D eigenvalue weighted by Crippen LogP contribution is -1.88. The van der Waals surface area contributed by atoms with E-state index in [1.807, 2.05) is 0 Å². The van der Waals surface area contributed by atoms with E-state index in [4.69, 9.17) is 0 Å². The highest BCUT2D eigenvalue weighted by molar-refractivity contribution is 5.63. The van der Waals surface area contributed by atoms with Gasteiger partial charge in [-0.2, -0.15) is 0 Å². The maximum atomic E-state index is 13.4. The third-order valence-corrected chi connectivity index (χ3v) is 2.04. The molecule has 0 amide bonds. The minimum atomic E-state index is -0.464. The van der Waals surface area contributed by atoms with Crippen LogP contribution in [0.3, 0.4) is 0 Å². The van der Waals surface area contributed by atoms with Crippen LogP contribution in [0.4, 0.5) is 8.78 Å². The molecule has 0 spiro atoms. The van der Waals surface area contributed by atoms with Gasteiger partial charge in [-0.15, -0.1) is 0 Å². The summed E-state index contributed by atoms with van der Waals surface area (Å²) in [4.78, 5) is 3.95. The molecule has 75 valence electrons. The van der Waals surface area contributed by atoms with Crippen LogP contribution in [-0.2, 0) is 0 Å². The molecular weight excluding hydrogens is 196 g/mol. The molecule has 0 saturated heterocycles. The second-order valence-electron chi connectivity index (χ2n) is 3.19. The van der Waals surface area contributed by atoms with Gasteiger partial charge in [0.1, 0.15) is 11.6 Å². The quantitative estimate of drug-likeness (QED) is 0.695. The van der Waals surface area contributed by atoms with Crippen molar-refractivity contribution in [1.29, 1.82) is 0 Å². The highest BCUT2D eigenvalue weighted by Gasteiger charge is 2.06. The standard InChI is InChI=1S/C12H8F2N/c1-8-6-9(4-5-15-8)11-7-10(13)2-3-12(11)14/h2-5,7H,1H3. The minimum Gasteiger partial charge on any atom is -0.261 e. The molecule has 1 aromatic heterocycles. The van der Waals surface area contributed by atoms with Crippen LogP contribution in [0, 0.1) is 24.6 Å². The fourth-order valence-electron chi connectivity index (χ4n) is 1.35. The van der Waals surface area contributed by atoms with Gasteiger partial charge in [-0.25, -0.2) is 8.78 Å². The van der Waals surface area contributed by atoms with Gasteiger partial charge in [0, 0.05) is 23.5 Å². The molecule has 1 radical (unpaired) electrons. The Morgan fingerprint density at radius 3 is 2.73 bits per heavy atom. The van der Waals surface area contributed by atoms with Gasteiger partial charge in [-0.1, -0.05) is 0 Å². The molecule has 3 heteroatoms. The van der Waals surface area contributed by atoms with E-state index in [9.17, 15) is 8.78 Å². The van der Waals surface area contributed by atoms with E-state index in [0.29, 0.717) is 11.3 Å². The Hall–Kier alpha value is -1.77. The predicted molar refractivity (Wildman–Crippen MR) is 53.2 cm³/mol. The van der Waals surface area contributed by atoms with Crippen molar-refractivity contribution in [3.05, 3.63) is 53.9 Å². The predicted octanol–water partition coefficient (Wildman–Crippen LogP) is 3.14. The maximum Gasteiger partial charge on any atom is 0.131 e. The number of rotatable bonds is 1. The van der Waals surface area contributed by atoms with Crippen molar-refractivity contribution in [1.82, 2.24) is 4.98 Å². The van der Waals surface area contributed by atoms with Crippen molar-refractivity contribution in [2.75, 3.05) is 0 Å². The number of benzene rings is 1. The largest absolute Gasteiger partial charge is 0.261 e. The lowest BCUT2D eigenvalue weighted by atomic mass is 10.1. The number of pyridine rings is 1. The molecular formula is C12H8F2N. The van der Waals surface area contributed by atoms with Crippen molar-refractivity contribution >= 4 is 0 Å². The molecule has 1 aromatic carbocycles. The van der Waals surface area contributed by atoms with Crippen LogP contribution in [-0.4, -0.2) is 4.98 Å². The van der Waals surface area contributed by atoms with Crippen molar-refractivity contribution in [2.45, 2.75) is 6.92 Å². The van der Waals surface area contributed by atoms with Gasteiger partial charge in [0.05, 0.1) is 0 Å². The van der Waals surface area contributed by atoms with Crippen LogP contribution >= 0.6 is 0 Å². The first kappa shape index (κ1) is 9.77. The summed E-state index contributed by atoms with van der Waals surface area (Å²) in [5.41, 5.74) is 1.37. The Bertz CT molecular complexity index is 495. The molecule has 0 aliphatic heterocycles. The molecule has 0 fully saturated rings. The van der Waals surface area contributed by atoms with Gasteiger partial charge in [-0.05, 0) is 36.8 Å². The Kier molecular flexibility index (Phi) is 2.46. The number of aryl methyl sites for hydroxylation is 1. The number of aromatic nitrogens is 1. The zero-order chi connectivity index (χ0) is 10.8. The summed E-state index contributed by atoms with van der Waals surface area (Å²) < 4.78 is 26.3. The molecule has 1 nitrogen and oxygen atoms in total. The van der Waals surface area contributed by atoms with Crippen molar-refractivity contribution < 1.29 is 8.78 Å². The van der Waals surface area contributed by atoms with Gasteiger partial charge in [0.25, 0.3) is 0 Å². The van der Waals surface area contributed by atoms with Gasteiger partial charge in [0.2, 0.25) is 0 Å².